The van der Waals surface area contributed by atoms with E-state index in [0.29, 0.717) is 24.0 Å². The zero-order valence-corrected chi connectivity index (χ0v) is 14.8. The molecule has 0 saturated heterocycles. The van der Waals surface area contributed by atoms with Crippen LogP contribution in [0.3, 0.4) is 0 Å². The van der Waals surface area contributed by atoms with Crippen LogP contribution in [0.5, 0.6) is 5.75 Å². The second kappa shape index (κ2) is 8.29. The minimum atomic E-state index is -0.293. The number of benzene rings is 2. The SMILES string of the molecule is COc1ccc(CCNc2nc(C)cc(Nc3cccc(F)c3)n2)cc1. The van der Waals surface area contributed by atoms with Gasteiger partial charge in [-0.25, -0.2) is 9.37 Å². The molecule has 0 aliphatic heterocycles. The molecule has 0 unspecified atom stereocenters. The Morgan fingerprint density at radius 2 is 1.85 bits per heavy atom. The van der Waals surface area contributed by atoms with Crippen LogP contribution in [0.4, 0.5) is 21.8 Å². The fourth-order valence-corrected chi connectivity index (χ4v) is 2.54. The highest BCUT2D eigenvalue weighted by atomic mass is 19.1. The van der Waals surface area contributed by atoms with E-state index in [1.165, 1.54) is 17.7 Å². The number of nitrogens with one attached hydrogen (secondary N) is 2. The number of methoxy groups -OCH3 is 1. The number of hydrogen-bond acceptors (Lipinski definition) is 5. The zero-order chi connectivity index (χ0) is 18.4. The molecule has 134 valence electrons. The molecule has 26 heavy (non-hydrogen) atoms. The van der Waals surface area contributed by atoms with E-state index in [9.17, 15) is 4.39 Å². The molecule has 1 heterocycles. The van der Waals surface area contributed by atoms with Crippen LogP contribution >= 0.6 is 0 Å². The molecule has 2 aromatic carbocycles. The Labute approximate surface area is 152 Å². The minimum Gasteiger partial charge on any atom is -0.497 e. The second-order valence-electron chi connectivity index (χ2n) is 5.88. The summed E-state index contributed by atoms with van der Waals surface area (Å²) in [5.41, 5.74) is 2.67. The lowest BCUT2D eigenvalue weighted by molar-refractivity contribution is 0.414. The lowest BCUT2D eigenvalue weighted by Crippen LogP contribution is -2.09. The summed E-state index contributed by atoms with van der Waals surface area (Å²) in [5, 5.41) is 6.33. The zero-order valence-electron chi connectivity index (χ0n) is 14.8. The topological polar surface area (TPSA) is 59.1 Å². The number of rotatable bonds is 7. The van der Waals surface area contributed by atoms with Gasteiger partial charge < -0.3 is 15.4 Å². The van der Waals surface area contributed by atoms with E-state index in [1.807, 2.05) is 37.3 Å². The van der Waals surface area contributed by atoms with Crippen LogP contribution < -0.4 is 15.4 Å². The summed E-state index contributed by atoms with van der Waals surface area (Å²) in [6, 6.07) is 16.1. The first-order valence-corrected chi connectivity index (χ1v) is 8.37. The first-order valence-electron chi connectivity index (χ1n) is 8.37. The van der Waals surface area contributed by atoms with E-state index in [0.717, 1.165) is 17.9 Å². The maximum absolute atomic E-state index is 13.3. The van der Waals surface area contributed by atoms with E-state index in [-0.39, 0.29) is 5.82 Å². The van der Waals surface area contributed by atoms with Crippen LogP contribution in [0.25, 0.3) is 0 Å². The number of ether oxygens (including phenoxy) is 1. The van der Waals surface area contributed by atoms with E-state index in [1.54, 1.807) is 19.2 Å². The maximum atomic E-state index is 13.3. The normalized spacial score (nSPS) is 10.4. The van der Waals surface area contributed by atoms with Crippen molar-refractivity contribution in [3.8, 4) is 5.75 Å². The molecule has 0 radical (unpaired) electrons. The van der Waals surface area contributed by atoms with Gasteiger partial charge in [-0.15, -0.1) is 0 Å². The van der Waals surface area contributed by atoms with Crippen LogP contribution in [0.1, 0.15) is 11.3 Å². The quantitative estimate of drug-likeness (QED) is 0.663. The molecule has 0 fully saturated rings. The molecule has 2 N–H and O–H groups in total. The molecule has 5 nitrogen and oxygen atoms in total. The first-order chi connectivity index (χ1) is 12.6. The Morgan fingerprint density at radius 3 is 2.58 bits per heavy atom. The van der Waals surface area contributed by atoms with Gasteiger partial charge >= 0.3 is 0 Å². The average Bonchev–Trinajstić information content (AvgIpc) is 2.62. The summed E-state index contributed by atoms with van der Waals surface area (Å²) >= 11 is 0. The van der Waals surface area contributed by atoms with E-state index < -0.39 is 0 Å². The molecule has 0 aliphatic rings. The summed E-state index contributed by atoms with van der Waals surface area (Å²) in [5.74, 6) is 1.71. The molecular weight excluding hydrogens is 331 g/mol. The van der Waals surface area contributed by atoms with Gasteiger partial charge in [0, 0.05) is 24.0 Å². The third-order valence-electron chi connectivity index (χ3n) is 3.81. The van der Waals surface area contributed by atoms with Crippen molar-refractivity contribution in [1.82, 2.24) is 9.97 Å². The number of halogens is 1. The van der Waals surface area contributed by atoms with E-state index in [4.69, 9.17) is 4.74 Å². The Morgan fingerprint density at radius 1 is 1.04 bits per heavy atom. The van der Waals surface area contributed by atoms with Gasteiger partial charge in [-0.1, -0.05) is 18.2 Å². The Bertz CT molecular complexity index is 868. The Hall–Kier alpha value is -3.15. The molecule has 0 bridgehead atoms. The van der Waals surface area contributed by atoms with Crippen LogP contribution in [0, 0.1) is 12.7 Å². The van der Waals surface area contributed by atoms with Crippen molar-refractivity contribution in [3.05, 3.63) is 71.7 Å². The summed E-state index contributed by atoms with van der Waals surface area (Å²) in [6.45, 7) is 2.60. The molecule has 0 amide bonds. The third kappa shape index (κ3) is 4.92. The van der Waals surface area contributed by atoms with Crippen LogP contribution in [-0.2, 0) is 6.42 Å². The van der Waals surface area contributed by atoms with E-state index >= 15 is 0 Å². The van der Waals surface area contributed by atoms with Gasteiger partial charge in [0.2, 0.25) is 5.95 Å². The molecule has 0 saturated carbocycles. The summed E-state index contributed by atoms with van der Waals surface area (Å²) in [4.78, 5) is 8.84. The summed E-state index contributed by atoms with van der Waals surface area (Å²) in [6.07, 6.45) is 0.841. The fourth-order valence-electron chi connectivity index (χ4n) is 2.54. The maximum Gasteiger partial charge on any atom is 0.224 e. The van der Waals surface area contributed by atoms with Crippen LogP contribution in [-0.4, -0.2) is 23.6 Å². The predicted molar refractivity (Wildman–Crippen MR) is 102 cm³/mol. The molecule has 0 aliphatic carbocycles. The highest BCUT2D eigenvalue weighted by molar-refractivity contribution is 5.57. The van der Waals surface area contributed by atoms with Crippen LogP contribution in [0.15, 0.2) is 54.6 Å². The highest BCUT2D eigenvalue weighted by Crippen LogP contribution is 2.18. The highest BCUT2D eigenvalue weighted by Gasteiger charge is 2.04. The molecule has 3 aromatic rings. The van der Waals surface area contributed by atoms with Gasteiger partial charge in [-0.3, -0.25) is 0 Å². The monoisotopic (exact) mass is 352 g/mol. The minimum absolute atomic E-state index is 0.293. The number of aromatic nitrogens is 2. The number of anilines is 3. The van der Waals surface area contributed by atoms with Gasteiger partial charge in [0.05, 0.1) is 7.11 Å². The van der Waals surface area contributed by atoms with Crippen molar-refractivity contribution in [2.45, 2.75) is 13.3 Å². The third-order valence-corrected chi connectivity index (χ3v) is 3.81. The average molecular weight is 352 g/mol. The lowest BCUT2D eigenvalue weighted by atomic mass is 10.1. The fraction of sp³-hybridized carbons (Fsp3) is 0.200. The van der Waals surface area contributed by atoms with Gasteiger partial charge in [0.1, 0.15) is 17.4 Å². The Kier molecular flexibility index (Phi) is 5.63. The van der Waals surface area contributed by atoms with Crippen LogP contribution in [0.2, 0.25) is 0 Å². The van der Waals surface area contributed by atoms with Gasteiger partial charge in [0.25, 0.3) is 0 Å². The molecule has 3 rings (SSSR count). The lowest BCUT2D eigenvalue weighted by Gasteiger charge is -2.10. The van der Waals surface area contributed by atoms with Gasteiger partial charge in [-0.2, -0.15) is 4.98 Å². The van der Waals surface area contributed by atoms with Crippen molar-refractivity contribution >= 4 is 17.5 Å². The number of hydrogen-bond donors (Lipinski definition) is 2. The van der Waals surface area contributed by atoms with Crippen molar-refractivity contribution in [2.24, 2.45) is 0 Å². The first kappa shape index (κ1) is 17.7. The summed E-state index contributed by atoms with van der Waals surface area (Å²) in [7, 11) is 1.65. The van der Waals surface area contributed by atoms with Crippen molar-refractivity contribution < 1.29 is 9.13 Å². The molecular formula is C20H21FN4O. The molecule has 0 atom stereocenters. The second-order valence-corrected chi connectivity index (χ2v) is 5.88. The molecule has 0 spiro atoms. The van der Waals surface area contributed by atoms with Crippen molar-refractivity contribution in [2.75, 3.05) is 24.3 Å². The molecule has 1 aromatic heterocycles. The van der Waals surface area contributed by atoms with E-state index in [2.05, 4.69) is 20.6 Å². The smallest absolute Gasteiger partial charge is 0.224 e. The van der Waals surface area contributed by atoms with Crippen molar-refractivity contribution in [3.63, 3.8) is 0 Å². The number of nitrogens with zero attached hydrogens (tertiary/aromatic N) is 2. The predicted octanol–water partition coefficient (Wildman–Crippen LogP) is 4.33. The van der Waals surface area contributed by atoms with Gasteiger partial charge in [0.15, 0.2) is 0 Å². The molecule has 6 heteroatoms. The standard InChI is InChI=1S/C20H21FN4O/c1-14-12-19(24-17-5-3-4-16(21)13-17)25-20(23-14)22-11-10-15-6-8-18(26-2)9-7-15/h3-9,12-13H,10-11H2,1-2H3,(H2,22,23,24,25). The largest absolute Gasteiger partial charge is 0.497 e. The van der Waals surface area contributed by atoms with Gasteiger partial charge in [-0.05, 0) is 49.2 Å². The Balaban J connectivity index is 1.61. The summed E-state index contributed by atoms with van der Waals surface area (Å²) < 4.78 is 18.5. The van der Waals surface area contributed by atoms with Crippen molar-refractivity contribution in [1.29, 1.82) is 0 Å². The number of aryl methyl sites for hydroxylation is 1.